The van der Waals surface area contributed by atoms with Gasteiger partial charge in [-0.1, -0.05) is 30.0 Å². The molecule has 1 aliphatic heterocycles. The van der Waals surface area contributed by atoms with Crippen molar-refractivity contribution in [2.45, 2.75) is 45.4 Å². The Kier molecular flexibility index (Phi) is 5.44. The fourth-order valence-corrected chi connectivity index (χ4v) is 4.66. The van der Waals surface area contributed by atoms with Gasteiger partial charge in [0.1, 0.15) is 0 Å². The zero-order valence-electron chi connectivity index (χ0n) is 16.3. The van der Waals surface area contributed by atoms with Crippen molar-refractivity contribution in [1.82, 2.24) is 4.90 Å². The van der Waals surface area contributed by atoms with Crippen molar-refractivity contribution in [3.63, 3.8) is 0 Å². The average Bonchev–Trinajstić information content (AvgIpc) is 2.94. The van der Waals surface area contributed by atoms with Crippen LogP contribution in [0.1, 0.15) is 27.7 Å². The van der Waals surface area contributed by atoms with Gasteiger partial charge in [-0.25, -0.2) is 4.99 Å². The van der Waals surface area contributed by atoms with E-state index in [1.807, 2.05) is 25.2 Å². The van der Waals surface area contributed by atoms with Crippen LogP contribution in [0.15, 0.2) is 41.4 Å². The van der Waals surface area contributed by atoms with Crippen molar-refractivity contribution >= 4 is 39.1 Å². The van der Waals surface area contributed by atoms with Gasteiger partial charge in [-0.05, 0) is 39.8 Å². The highest BCUT2D eigenvalue weighted by Gasteiger charge is 2.34. The first kappa shape index (κ1) is 19.6. The molecule has 0 aliphatic carbocycles. The molecule has 2 aromatic carbocycles. The first-order valence-electron chi connectivity index (χ1n) is 8.95. The molecule has 144 valence electrons. The van der Waals surface area contributed by atoms with Gasteiger partial charge in [0.15, 0.2) is 5.17 Å². The molecule has 0 radical (unpaired) electrons. The Balaban J connectivity index is 1.92. The molecule has 0 N–H and O–H groups in total. The van der Waals surface area contributed by atoms with E-state index in [4.69, 9.17) is 9.73 Å². The maximum Gasteiger partial charge on any atom is 0.277 e. The molecule has 2 atom stereocenters. The summed E-state index contributed by atoms with van der Waals surface area (Å²) in [6, 6.07) is 10.8. The largest absolute Gasteiger partial charge is 0.371 e. The van der Waals surface area contributed by atoms with Crippen molar-refractivity contribution < 1.29 is 9.66 Å². The van der Waals surface area contributed by atoms with Crippen LogP contribution in [0.3, 0.4) is 0 Å². The van der Waals surface area contributed by atoms with Crippen LogP contribution in [0, 0.1) is 10.1 Å². The van der Waals surface area contributed by atoms with Gasteiger partial charge in [0, 0.05) is 24.3 Å². The molecule has 0 spiro atoms. The summed E-state index contributed by atoms with van der Waals surface area (Å²) in [6.07, 6.45) is 0.0730. The Hall–Kier alpha value is -2.12. The predicted octanol–water partition coefficient (Wildman–Crippen LogP) is 4.99. The SMILES string of the molecule is CC(OC(C)(C)C)C1CSC(=Nc2ccc([N+](=O)[O-])c3ccccc23)N1C. The third kappa shape index (κ3) is 4.25. The zero-order chi connectivity index (χ0) is 19.8. The van der Waals surface area contributed by atoms with E-state index < -0.39 is 0 Å². The van der Waals surface area contributed by atoms with Gasteiger partial charge in [0.05, 0.1) is 33.7 Å². The predicted molar refractivity (Wildman–Crippen MR) is 112 cm³/mol. The summed E-state index contributed by atoms with van der Waals surface area (Å²) >= 11 is 1.69. The monoisotopic (exact) mass is 387 g/mol. The van der Waals surface area contributed by atoms with E-state index in [1.165, 1.54) is 6.07 Å². The highest BCUT2D eigenvalue weighted by molar-refractivity contribution is 8.14. The second-order valence-corrected chi connectivity index (χ2v) is 8.71. The van der Waals surface area contributed by atoms with Gasteiger partial charge >= 0.3 is 0 Å². The number of nitro groups is 1. The molecular formula is C20H25N3O3S. The molecule has 7 heteroatoms. The topological polar surface area (TPSA) is 68.0 Å². The Morgan fingerprint density at radius 3 is 2.56 bits per heavy atom. The minimum absolute atomic E-state index is 0.0730. The molecule has 1 heterocycles. The van der Waals surface area contributed by atoms with Crippen LogP contribution < -0.4 is 0 Å². The molecule has 6 nitrogen and oxygen atoms in total. The normalized spacial score (nSPS) is 20.4. The molecule has 0 aromatic heterocycles. The van der Waals surface area contributed by atoms with Crippen LogP contribution in [0.5, 0.6) is 0 Å². The van der Waals surface area contributed by atoms with Crippen molar-refractivity contribution in [1.29, 1.82) is 0 Å². The number of aliphatic imine (C=N–C) groups is 1. The maximum atomic E-state index is 11.3. The molecule has 0 amide bonds. The molecule has 0 saturated carbocycles. The third-order valence-electron chi connectivity index (χ3n) is 4.55. The number of likely N-dealkylation sites (N-methyl/N-ethyl adjacent to an activating group) is 1. The standard InChI is InChI=1S/C20H25N3O3S/c1-13(26-20(2,3)4)18-12-27-19(22(18)5)21-16-10-11-17(23(24)25)15-9-7-6-8-14(15)16/h6-11,13,18H,12H2,1-5H3. The Bertz CT molecular complexity index is 892. The zero-order valence-corrected chi connectivity index (χ0v) is 17.1. The lowest BCUT2D eigenvalue weighted by molar-refractivity contribution is -0.383. The van der Waals surface area contributed by atoms with Gasteiger partial charge in [0.25, 0.3) is 5.69 Å². The second kappa shape index (κ2) is 7.48. The highest BCUT2D eigenvalue weighted by Crippen LogP contribution is 2.35. The smallest absolute Gasteiger partial charge is 0.277 e. The molecule has 0 bridgehead atoms. The van der Waals surface area contributed by atoms with Crippen LogP contribution in [0.25, 0.3) is 10.8 Å². The lowest BCUT2D eigenvalue weighted by atomic mass is 10.1. The summed E-state index contributed by atoms with van der Waals surface area (Å²) < 4.78 is 6.12. The van der Waals surface area contributed by atoms with Crippen molar-refractivity contribution in [2.24, 2.45) is 4.99 Å². The number of nitrogens with zero attached hydrogens (tertiary/aromatic N) is 3. The lowest BCUT2D eigenvalue weighted by Crippen LogP contribution is -2.42. The lowest BCUT2D eigenvalue weighted by Gasteiger charge is -2.32. The second-order valence-electron chi connectivity index (χ2n) is 7.73. The number of thioether (sulfide) groups is 1. The summed E-state index contributed by atoms with van der Waals surface area (Å²) in [6.45, 7) is 8.27. The molecule has 3 rings (SSSR count). The highest BCUT2D eigenvalue weighted by atomic mass is 32.2. The quantitative estimate of drug-likeness (QED) is 0.546. The Morgan fingerprint density at radius 2 is 1.93 bits per heavy atom. The number of fused-ring (bicyclic) bond motifs is 1. The summed E-state index contributed by atoms with van der Waals surface area (Å²) in [5.74, 6) is 0.900. The van der Waals surface area contributed by atoms with E-state index in [0.29, 0.717) is 5.39 Å². The molecule has 1 saturated heterocycles. The number of non-ortho nitro benzene ring substituents is 1. The Morgan fingerprint density at radius 1 is 1.26 bits per heavy atom. The Labute approximate surface area is 163 Å². The number of ether oxygens (including phenoxy) is 1. The molecule has 1 fully saturated rings. The minimum atomic E-state index is -0.350. The van der Waals surface area contributed by atoms with Gasteiger partial charge in [-0.3, -0.25) is 10.1 Å². The fraction of sp³-hybridized carbons (Fsp3) is 0.450. The van der Waals surface area contributed by atoms with Crippen LogP contribution in [-0.4, -0.2) is 45.5 Å². The molecule has 27 heavy (non-hydrogen) atoms. The number of hydrogen-bond acceptors (Lipinski definition) is 5. The summed E-state index contributed by atoms with van der Waals surface area (Å²) in [5, 5.41) is 13.6. The number of hydrogen-bond donors (Lipinski definition) is 0. The summed E-state index contributed by atoms with van der Waals surface area (Å²) in [4.78, 5) is 17.9. The van der Waals surface area contributed by atoms with E-state index in [-0.39, 0.29) is 28.4 Å². The van der Waals surface area contributed by atoms with Gasteiger partial charge in [0.2, 0.25) is 0 Å². The molecule has 1 aliphatic rings. The van der Waals surface area contributed by atoms with E-state index in [0.717, 1.165) is 22.0 Å². The van der Waals surface area contributed by atoms with Crippen LogP contribution >= 0.6 is 11.8 Å². The third-order valence-corrected chi connectivity index (χ3v) is 5.70. The fourth-order valence-electron chi connectivity index (χ4n) is 3.34. The summed E-state index contributed by atoms with van der Waals surface area (Å²) in [5.41, 5.74) is 0.655. The molecule has 2 unspecified atom stereocenters. The van der Waals surface area contributed by atoms with Crippen LogP contribution in [0.2, 0.25) is 0 Å². The van der Waals surface area contributed by atoms with Crippen molar-refractivity contribution in [2.75, 3.05) is 12.8 Å². The van der Waals surface area contributed by atoms with Gasteiger partial charge < -0.3 is 9.64 Å². The van der Waals surface area contributed by atoms with E-state index in [1.54, 1.807) is 23.9 Å². The first-order chi connectivity index (χ1) is 12.7. The molecule has 2 aromatic rings. The minimum Gasteiger partial charge on any atom is -0.371 e. The van der Waals surface area contributed by atoms with Gasteiger partial charge in [-0.15, -0.1) is 0 Å². The van der Waals surface area contributed by atoms with Crippen molar-refractivity contribution in [3.8, 4) is 0 Å². The van der Waals surface area contributed by atoms with Crippen LogP contribution in [-0.2, 0) is 4.74 Å². The van der Waals surface area contributed by atoms with Gasteiger partial charge in [-0.2, -0.15) is 0 Å². The maximum absolute atomic E-state index is 11.3. The number of nitro benzene ring substituents is 1. The number of amidine groups is 1. The van der Waals surface area contributed by atoms with E-state index >= 15 is 0 Å². The average molecular weight is 388 g/mol. The number of rotatable bonds is 4. The van der Waals surface area contributed by atoms with E-state index in [9.17, 15) is 10.1 Å². The molecular weight excluding hydrogens is 362 g/mol. The van der Waals surface area contributed by atoms with Crippen molar-refractivity contribution in [3.05, 3.63) is 46.5 Å². The van der Waals surface area contributed by atoms with E-state index in [2.05, 4.69) is 32.6 Å². The number of benzene rings is 2. The first-order valence-corrected chi connectivity index (χ1v) is 9.94. The summed E-state index contributed by atoms with van der Waals surface area (Å²) in [7, 11) is 2.03. The van der Waals surface area contributed by atoms with Crippen LogP contribution in [0.4, 0.5) is 11.4 Å².